The largest absolute Gasteiger partial charge is 0.491 e. The van der Waals surface area contributed by atoms with Gasteiger partial charge >= 0.3 is 0 Å². The second-order valence-corrected chi connectivity index (χ2v) is 4.52. The maximum Gasteiger partial charge on any atom is 0.141 e. The van der Waals surface area contributed by atoms with Crippen LogP contribution in [0.5, 0.6) is 5.75 Å². The summed E-state index contributed by atoms with van der Waals surface area (Å²) in [6.45, 7) is 7.35. The van der Waals surface area contributed by atoms with Gasteiger partial charge in [-0.15, -0.1) is 0 Å². The Bertz CT molecular complexity index is 325. The van der Waals surface area contributed by atoms with Crippen molar-refractivity contribution in [1.82, 2.24) is 4.98 Å². The van der Waals surface area contributed by atoms with Crippen molar-refractivity contribution in [1.29, 1.82) is 0 Å². The molecule has 1 aromatic heterocycles. The van der Waals surface area contributed by atoms with E-state index < -0.39 is 0 Å². The Morgan fingerprint density at radius 3 is 2.85 bits per heavy atom. The van der Waals surface area contributed by atoms with Gasteiger partial charge in [-0.1, -0.05) is 20.8 Å². The van der Waals surface area contributed by atoms with Crippen LogP contribution in [-0.2, 0) is 11.8 Å². The summed E-state index contributed by atoms with van der Waals surface area (Å²) >= 11 is 0. The molecule has 2 nitrogen and oxygen atoms in total. The molecule has 0 saturated heterocycles. The molecule has 2 heteroatoms. The minimum Gasteiger partial charge on any atom is -0.491 e. The Balaban J connectivity index is 2.42. The molecule has 1 aliphatic heterocycles. The van der Waals surface area contributed by atoms with Crippen molar-refractivity contribution in [2.24, 2.45) is 0 Å². The van der Waals surface area contributed by atoms with E-state index in [0.717, 1.165) is 24.5 Å². The van der Waals surface area contributed by atoms with E-state index >= 15 is 0 Å². The first-order chi connectivity index (χ1) is 6.07. The van der Waals surface area contributed by atoms with Crippen LogP contribution in [0.1, 0.15) is 32.0 Å². The van der Waals surface area contributed by atoms with Crippen molar-refractivity contribution in [3.63, 3.8) is 0 Å². The van der Waals surface area contributed by atoms with Gasteiger partial charge in [0.2, 0.25) is 0 Å². The highest BCUT2D eigenvalue weighted by atomic mass is 16.5. The minimum absolute atomic E-state index is 0.161. The van der Waals surface area contributed by atoms with Crippen molar-refractivity contribution in [2.75, 3.05) is 6.61 Å². The van der Waals surface area contributed by atoms with Crippen LogP contribution in [0.25, 0.3) is 0 Å². The van der Waals surface area contributed by atoms with Gasteiger partial charge in [-0.05, 0) is 17.0 Å². The zero-order valence-corrected chi connectivity index (χ0v) is 8.42. The molecule has 2 heterocycles. The first-order valence-corrected chi connectivity index (χ1v) is 4.69. The minimum atomic E-state index is 0.161. The van der Waals surface area contributed by atoms with Crippen LogP contribution in [-0.4, -0.2) is 11.6 Å². The van der Waals surface area contributed by atoms with Crippen LogP contribution in [0, 0.1) is 0 Å². The molecule has 0 fully saturated rings. The predicted octanol–water partition coefficient (Wildman–Crippen LogP) is 2.31. The molecule has 0 amide bonds. The summed E-state index contributed by atoms with van der Waals surface area (Å²) < 4.78 is 5.47. The number of pyridine rings is 1. The van der Waals surface area contributed by atoms with Crippen LogP contribution in [0.15, 0.2) is 12.3 Å². The lowest BCUT2D eigenvalue weighted by Crippen LogP contribution is -2.11. The maximum atomic E-state index is 5.47. The van der Waals surface area contributed by atoms with Crippen LogP contribution < -0.4 is 4.74 Å². The van der Waals surface area contributed by atoms with E-state index in [1.54, 1.807) is 0 Å². The van der Waals surface area contributed by atoms with Crippen LogP contribution in [0.3, 0.4) is 0 Å². The molecule has 2 rings (SSSR count). The van der Waals surface area contributed by atoms with E-state index in [1.165, 1.54) is 5.56 Å². The first kappa shape index (κ1) is 8.54. The molecule has 0 saturated carbocycles. The monoisotopic (exact) mass is 177 g/mol. The quantitative estimate of drug-likeness (QED) is 0.606. The summed E-state index contributed by atoms with van der Waals surface area (Å²) in [5.41, 5.74) is 2.51. The first-order valence-electron chi connectivity index (χ1n) is 4.69. The molecular formula is C11H15NO. The predicted molar refractivity (Wildman–Crippen MR) is 52.1 cm³/mol. The SMILES string of the molecule is CC(C)(C)c1cnc2c(c1)OCC2. The highest BCUT2D eigenvalue weighted by Crippen LogP contribution is 2.29. The molecule has 70 valence electrons. The van der Waals surface area contributed by atoms with Gasteiger partial charge in [0.1, 0.15) is 5.75 Å². The molecule has 1 aromatic rings. The average Bonchev–Trinajstić information content (AvgIpc) is 2.47. The summed E-state index contributed by atoms with van der Waals surface area (Å²) in [6.07, 6.45) is 2.92. The number of ether oxygens (including phenoxy) is 1. The van der Waals surface area contributed by atoms with E-state index in [4.69, 9.17) is 4.74 Å². The number of hydrogen-bond donors (Lipinski definition) is 0. The molecule has 0 aliphatic carbocycles. The molecular weight excluding hydrogens is 162 g/mol. The second-order valence-electron chi connectivity index (χ2n) is 4.52. The van der Waals surface area contributed by atoms with Gasteiger partial charge in [-0.3, -0.25) is 4.98 Å². The van der Waals surface area contributed by atoms with E-state index in [0.29, 0.717) is 0 Å². The normalized spacial score (nSPS) is 15.3. The number of rotatable bonds is 0. The van der Waals surface area contributed by atoms with Crippen molar-refractivity contribution in [3.8, 4) is 5.75 Å². The van der Waals surface area contributed by atoms with Crippen molar-refractivity contribution in [3.05, 3.63) is 23.5 Å². The lowest BCUT2D eigenvalue weighted by molar-refractivity contribution is 0.356. The van der Waals surface area contributed by atoms with Gasteiger partial charge in [0.15, 0.2) is 0 Å². The fraction of sp³-hybridized carbons (Fsp3) is 0.545. The highest BCUT2D eigenvalue weighted by Gasteiger charge is 2.19. The van der Waals surface area contributed by atoms with Crippen LogP contribution in [0.2, 0.25) is 0 Å². The van der Waals surface area contributed by atoms with Gasteiger partial charge in [-0.2, -0.15) is 0 Å². The number of nitrogens with zero attached hydrogens (tertiary/aromatic N) is 1. The molecule has 1 aliphatic rings. The molecule has 0 spiro atoms. The molecule has 0 N–H and O–H groups in total. The summed E-state index contributed by atoms with van der Waals surface area (Å²) in [5.74, 6) is 0.979. The Labute approximate surface area is 78.9 Å². The van der Waals surface area contributed by atoms with Crippen molar-refractivity contribution in [2.45, 2.75) is 32.6 Å². The molecule has 0 aromatic carbocycles. The Morgan fingerprint density at radius 1 is 1.38 bits per heavy atom. The van der Waals surface area contributed by atoms with Crippen molar-refractivity contribution < 1.29 is 4.74 Å². The fourth-order valence-corrected chi connectivity index (χ4v) is 1.45. The smallest absolute Gasteiger partial charge is 0.141 e. The standard InChI is InChI=1S/C11H15NO/c1-11(2,3)8-6-10-9(12-7-8)4-5-13-10/h6-7H,4-5H2,1-3H3. The van der Waals surface area contributed by atoms with Gasteiger partial charge in [0.05, 0.1) is 12.3 Å². The molecule has 0 unspecified atom stereocenters. The van der Waals surface area contributed by atoms with Gasteiger partial charge in [0.25, 0.3) is 0 Å². The van der Waals surface area contributed by atoms with E-state index in [-0.39, 0.29) is 5.41 Å². The van der Waals surface area contributed by atoms with E-state index in [9.17, 15) is 0 Å². The summed E-state index contributed by atoms with van der Waals surface area (Å²) in [6, 6.07) is 2.12. The zero-order valence-electron chi connectivity index (χ0n) is 8.42. The number of aromatic nitrogens is 1. The lowest BCUT2D eigenvalue weighted by Gasteiger charge is -2.18. The van der Waals surface area contributed by atoms with Gasteiger partial charge in [0, 0.05) is 12.6 Å². The Hall–Kier alpha value is -1.05. The number of hydrogen-bond acceptors (Lipinski definition) is 2. The molecule has 0 bridgehead atoms. The zero-order chi connectivity index (χ0) is 9.47. The Morgan fingerprint density at radius 2 is 2.15 bits per heavy atom. The maximum absolute atomic E-state index is 5.47. The second kappa shape index (κ2) is 2.72. The average molecular weight is 177 g/mol. The summed E-state index contributed by atoms with van der Waals surface area (Å²) in [4.78, 5) is 4.40. The fourth-order valence-electron chi connectivity index (χ4n) is 1.45. The topological polar surface area (TPSA) is 22.1 Å². The molecule has 0 atom stereocenters. The van der Waals surface area contributed by atoms with Crippen LogP contribution >= 0.6 is 0 Å². The third-order valence-corrected chi connectivity index (χ3v) is 2.39. The third kappa shape index (κ3) is 1.53. The molecule has 13 heavy (non-hydrogen) atoms. The molecule has 0 radical (unpaired) electrons. The highest BCUT2D eigenvalue weighted by molar-refractivity contribution is 5.36. The number of fused-ring (bicyclic) bond motifs is 1. The van der Waals surface area contributed by atoms with Gasteiger partial charge in [-0.25, -0.2) is 0 Å². The Kier molecular flexibility index (Phi) is 1.79. The summed E-state index contributed by atoms with van der Waals surface area (Å²) in [5, 5.41) is 0. The summed E-state index contributed by atoms with van der Waals surface area (Å²) in [7, 11) is 0. The van der Waals surface area contributed by atoms with E-state index in [2.05, 4.69) is 31.8 Å². The van der Waals surface area contributed by atoms with Crippen LogP contribution in [0.4, 0.5) is 0 Å². The lowest BCUT2D eigenvalue weighted by atomic mass is 9.88. The van der Waals surface area contributed by atoms with Crippen molar-refractivity contribution >= 4 is 0 Å². The third-order valence-electron chi connectivity index (χ3n) is 2.39. The van der Waals surface area contributed by atoms with E-state index in [1.807, 2.05) is 6.20 Å². The van der Waals surface area contributed by atoms with Gasteiger partial charge < -0.3 is 4.74 Å².